The van der Waals surface area contributed by atoms with E-state index in [-0.39, 0.29) is 12.1 Å². The van der Waals surface area contributed by atoms with E-state index in [0.29, 0.717) is 12.2 Å². The minimum atomic E-state index is -0.0542. The number of nitrogens with two attached hydrogens (primary N) is 1. The second-order valence-electron chi connectivity index (χ2n) is 7.60. The Kier molecular flexibility index (Phi) is 7.31. The number of carbonyl (C=O) groups is 1. The van der Waals surface area contributed by atoms with Crippen molar-refractivity contribution in [3.63, 3.8) is 0 Å². The number of likely N-dealkylation sites (tertiary alicyclic amines) is 1. The Morgan fingerprint density at radius 1 is 1.14 bits per heavy atom. The lowest BCUT2D eigenvalue weighted by molar-refractivity contribution is 0.122. The molecule has 1 aliphatic rings. The molecule has 1 aliphatic heterocycles. The summed E-state index contributed by atoms with van der Waals surface area (Å²) in [5, 5.41) is 3.04. The summed E-state index contributed by atoms with van der Waals surface area (Å²) in [7, 11) is 0. The molecule has 0 aliphatic carbocycles. The lowest BCUT2D eigenvalue weighted by Gasteiger charge is -2.38. The first-order valence-electron chi connectivity index (χ1n) is 10.3. The highest BCUT2D eigenvalue weighted by Gasteiger charge is 2.28. The van der Waals surface area contributed by atoms with Crippen LogP contribution in [0.5, 0.6) is 0 Å². The molecule has 28 heavy (non-hydrogen) atoms. The number of benzene rings is 2. The monoisotopic (exact) mass is 380 g/mol. The van der Waals surface area contributed by atoms with Crippen LogP contribution in [0.25, 0.3) is 0 Å². The standard InChI is InChI=1S/C23H32N4O/c1-2-3-14-26-15-12-22(13-16-26)27(18-19-8-5-4-6-9-19)23(28)25-21-11-7-10-20(24)17-21/h4-11,17,22H,2-3,12-16,18,24H2,1H3,(H,25,28). The number of anilines is 2. The molecule has 0 atom stereocenters. The molecule has 0 radical (unpaired) electrons. The molecule has 1 fully saturated rings. The highest BCUT2D eigenvalue weighted by molar-refractivity contribution is 5.90. The predicted octanol–water partition coefficient (Wildman–Crippen LogP) is 4.57. The molecule has 0 spiro atoms. The van der Waals surface area contributed by atoms with E-state index in [4.69, 9.17) is 5.73 Å². The van der Waals surface area contributed by atoms with Crippen LogP contribution in [0, 0.1) is 0 Å². The molecular formula is C23H32N4O. The van der Waals surface area contributed by atoms with E-state index in [0.717, 1.165) is 43.7 Å². The maximum atomic E-state index is 13.1. The van der Waals surface area contributed by atoms with Gasteiger partial charge in [0.1, 0.15) is 0 Å². The van der Waals surface area contributed by atoms with Crippen molar-refractivity contribution in [1.29, 1.82) is 0 Å². The summed E-state index contributed by atoms with van der Waals surface area (Å²) >= 11 is 0. The van der Waals surface area contributed by atoms with Crippen molar-refractivity contribution in [2.45, 2.75) is 45.2 Å². The topological polar surface area (TPSA) is 61.6 Å². The average molecular weight is 381 g/mol. The number of rotatable bonds is 7. The van der Waals surface area contributed by atoms with E-state index < -0.39 is 0 Å². The minimum Gasteiger partial charge on any atom is -0.399 e. The summed E-state index contributed by atoms with van der Waals surface area (Å²) in [5.41, 5.74) is 8.40. The van der Waals surface area contributed by atoms with Crippen LogP contribution in [0.1, 0.15) is 38.2 Å². The number of piperidine rings is 1. The second kappa shape index (κ2) is 10.1. The molecule has 2 aromatic rings. The highest BCUT2D eigenvalue weighted by Crippen LogP contribution is 2.21. The molecule has 1 heterocycles. The van der Waals surface area contributed by atoms with Crippen molar-refractivity contribution in [1.82, 2.24) is 9.80 Å². The number of carbonyl (C=O) groups excluding carboxylic acids is 1. The fourth-order valence-electron chi connectivity index (χ4n) is 3.79. The third-order valence-electron chi connectivity index (χ3n) is 5.42. The normalized spacial score (nSPS) is 15.3. The van der Waals surface area contributed by atoms with Crippen molar-refractivity contribution in [2.24, 2.45) is 0 Å². The molecule has 5 heteroatoms. The van der Waals surface area contributed by atoms with Gasteiger partial charge in [0.15, 0.2) is 0 Å². The van der Waals surface area contributed by atoms with Gasteiger partial charge < -0.3 is 20.9 Å². The molecule has 2 aromatic carbocycles. The third-order valence-corrected chi connectivity index (χ3v) is 5.42. The van der Waals surface area contributed by atoms with E-state index in [9.17, 15) is 4.79 Å². The summed E-state index contributed by atoms with van der Waals surface area (Å²) in [5.74, 6) is 0. The summed E-state index contributed by atoms with van der Waals surface area (Å²) < 4.78 is 0. The van der Waals surface area contributed by atoms with Gasteiger partial charge in [-0.1, -0.05) is 49.7 Å². The Hall–Kier alpha value is -2.53. The molecule has 150 valence electrons. The fourth-order valence-corrected chi connectivity index (χ4v) is 3.79. The van der Waals surface area contributed by atoms with Crippen molar-refractivity contribution < 1.29 is 4.79 Å². The number of urea groups is 1. The van der Waals surface area contributed by atoms with Crippen LogP contribution in [0.4, 0.5) is 16.2 Å². The zero-order valence-corrected chi connectivity index (χ0v) is 16.8. The number of nitrogens with zero attached hydrogens (tertiary/aromatic N) is 2. The first-order chi connectivity index (χ1) is 13.7. The SMILES string of the molecule is CCCCN1CCC(N(Cc2ccccc2)C(=O)Nc2cccc(N)c2)CC1. The second-order valence-corrected chi connectivity index (χ2v) is 7.60. The van der Waals surface area contributed by atoms with Gasteiger partial charge in [0.25, 0.3) is 0 Å². The molecule has 0 unspecified atom stereocenters. The summed E-state index contributed by atoms with van der Waals surface area (Å²) in [6.07, 6.45) is 4.50. The van der Waals surface area contributed by atoms with Gasteiger partial charge >= 0.3 is 6.03 Å². The summed E-state index contributed by atoms with van der Waals surface area (Å²) in [6.45, 7) is 6.13. The summed E-state index contributed by atoms with van der Waals surface area (Å²) in [4.78, 5) is 17.7. The number of nitrogen functional groups attached to an aromatic ring is 1. The quantitative estimate of drug-likeness (QED) is 0.692. The van der Waals surface area contributed by atoms with Crippen LogP contribution >= 0.6 is 0 Å². The average Bonchev–Trinajstić information content (AvgIpc) is 2.72. The smallest absolute Gasteiger partial charge is 0.322 e. The Labute approximate surface area is 168 Å². The number of hydrogen-bond acceptors (Lipinski definition) is 3. The first kappa shape index (κ1) is 20.2. The molecule has 3 rings (SSSR count). The van der Waals surface area contributed by atoms with E-state index in [1.807, 2.05) is 41.3 Å². The number of unbranched alkanes of at least 4 members (excludes halogenated alkanes) is 1. The van der Waals surface area contributed by atoms with Crippen molar-refractivity contribution in [3.8, 4) is 0 Å². The van der Waals surface area contributed by atoms with Crippen LogP contribution in [0.15, 0.2) is 54.6 Å². The van der Waals surface area contributed by atoms with E-state index in [1.54, 1.807) is 6.07 Å². The van der Waals surface area contributed by atoms with Gasteiger partial charge in [-0.25, -0.2) is 4.79 Å². The number of nitrogens with one attached hydrogen (secondary N) is 1. The first-order valence-corrected chi connectivity index (χ1v) is 10.3. The van der Waals surface area contributed by atoms with Crippen LogP contribution in [0.3, 0.4) is 0 Å². The van der Waals surface area contributed by atoms with Gasteiger partial charge in [0.2, 0.25) is 0 Å². The Morgan fingerprint density at radius 3 is 2.57 bits per heavy atom. The van der Waals surface area contributed by atoms with Gasteiger partial charge in [-0.05, 0) is 49.6 Å². The van der Waals surface area contributed by atoms with Crippen molar-refractivity contribution in [2.75, 3.05) is 30.7 Å². The van der Waals surface area contributed by atoms with Crippen LogP contribution in [-0.4, -0.2) is 41.5 Å². The Balaban J connectivity index is 1.69. The van der Waals surface area contributed by atoms with Gasteiger partial charge in [-0.2, -0.15) is 0 Å². The van der Waals surface area contributed by atoms with Gasteiger partial charge in [-0.3, -0.25) is 0 Å². The molecule has 2 amide bonds. The molecule has 0 saturated carbocycles. The largest absolute Gasteiger partial charge is 0.399 e. The predicted molar refractivity (Wildman–Crippen MR) is 116 cm³/mol. The summed E-state index contributed by atoms with van der Waals surface area (Å²) in [6, 6.07) is 17.8. The lowest BCUT2D eigenvalue weighted by atomic mass is 10.0. The fraction of sp³-hybridized carbons (Fsp3) is 0.435. The molecule has 3 N–H and O–H groups in total. The molecule has 0 bridgehead atoms. The maximum absolute atomic E-state index is 13.1. The number of amides is 2. The zero-order valence-electron chi connectivity index (χ0n) is 16.8. The molecular weight excluding hydrogens is 348 g/mol. The Bertz CT molecular complexity index is 741. The molecule has 5 nitrogen and oxygen atoms in total. The van der Waals surface area contributed by atoms with Crippen LogP contribution in [0.2, 0.25) is 0 Å². The molecule has 1 saturated heterocycles. The van der Waals surface area contributed by atoms with E-state index in [1.165, 1.54) is 12.8 Å². The van der Waals surface area contributed by atoms with Gasteiger partial charge in [0.05, 0.1) is 0 Å². The zero-order chi connectivity index (χ0) is 19.8. The van der Waals surface area contributed by atoms with Gasteiger partial charge in [0, 0.05) is 37.1 Å². The van der Waals surface area contributed by atoms with E-state index >= 15 is 0 Å². The molecule has 0 aromatic heterocycles. The third kappa shape index (κ3) is 5.73. The van der Waals surface area contributed by atoms with Crippen LogP contribution < -0.4 is 11.1 Å². The van der Waals surface area contributed by atoms with Crippen LogP contribution in [-0.2, 0) is 6.54 Å². The van der Waals surface area contributed by atoms with Crippen molar-refractivity contribution >= 4 is 17.4 Å². The van der Waals surface area contributed by atoms with Gasteiger partial charge in [-0.15, -0.1) is 0 Å². The highest BCUT2D eigenvalue weighted by atomic mass is 16.2. The van der Waals surface area contributed by atoms with Crippen molar-refractivity contribution in [3.05, 3.63) is 60.2 Å². The lowest BCUT2D eigenvalue weighted by Crippen LogP contribution is -2.48. The Morgan fingerprint density at radius 2 is 1.89 bits per heavy atom. The maximum Gasteiger partial charge on any atom is 0.322 e. The number of hydrogen-bond donors (Lipinski definition) is 2. The minimum absolute atomic E-state index is 0.0542. The van der Waals surface area contributed by atoms with E-state index in [2.05, 4.69) is 29.3 Å².